The van der Waals surface area contributed by atoms with Crippen molar-refractivity contribution < 1.29 is 9.53 Å². The summed E-state index contributed by atoms with van der Waals surface area (Å²) in [5.74, 6) is -0.245. The zero-order valence-electron chi connectivity index (χ0n) is 17.8. The maximum atomic E-state index is 9.59. The number of rotatable bonds is 3. The highest BCUT2D eigenvalue weighted by molar-refractivity contribution is 5.65. The number of unbranched alkanes of at least 4 members (excludes halogenated alkanes) is 1. The molecule has 0 aliphatic rings. The van der Waals surface area contributed by atoms with E-state index in [1.165, 1.54) is 49.1 Å². The molecule has 0 N–H and O–H groups in total. The number of hydrogen-bond donors (Lipinski definition) is 0. The van der Waals surface area contributed by atoms with Crippen LogP contribution in [0.1, 0.15) is 69.7 Å². The number of methoxy groups -OCH3 is 1. The highest BCUT2D eigenvalue weighted by atomic mass is 16.5. The molecule has 2 nitrogen and oxygen atoms in total. The predicted molar refractivity (Wildman–Crippen MR) is 113 cm³/mol. The van der Waals surface area contributed by atoms with Crippen LogP contribution in [-0.2, 0) is 14.9 Å². The van der Waals surface area contributed by atoms with Crippen LogP contribution in [0.15, 0.2) is 48.5 Å². The SMILES string of the molecule is CCCC.COC(C)=O.Cc1ccc(C(C)(C)c2ccc(C)cc2)cc1. The summed E-state index contributed by atoms with van der Waals surface area (Å²) in [7, 11) is 1.35. The van der Waals surface area contributed by atoms with E-state index in [1.54, 1.807) is 0 Å². The highest BCUT2D eigenvalue weighted by Crippen LogP contribution is 2.31. The lowest BCUT2D eigenvalue weighted by atomic mass is 9.78. The fourth-order valence-corrected chi connectivity index (χ4v) is 2.11. The van der Waals surface area contributed by atoms with Crippen LogP contribution in [0, 0.1) is 13.8 Å². The van der Waals surface area contributed by atoms with Crippen molar-refractivity contribution in [1.82, 2.24) is 0 Å². The Bertz CT molecular complexity index is 573. The zero-order valence-corrected chi connectivity index (χ0v) is 17.8. The molecule has 0 fully saturated rings. The Kier molecular flexibility index (Phi) is 11.3. The van der Waals surface area contributed by atoms with Gasteiger partial charge in [-0.3, -0.25) is 4.79 Å². The Morgan fingerprint density at radius 2 is 1.08 bits per heavy atom. The van der Waals surface area contributed by atoms with E-state index in [-0.39, 0.29) is 11.4 Å². The summed E-state index contributed by atoms with van der Waals surface area (Å²) in [5, 5.41) is 0. The molecule has 26 heavy (non-hydrogen) atoms. The Morgan fingerprint density at radius 3 is 1.27 bits per heavy atom. The van der Waals surface area contributed by atoms with Crippen LogP contribution in [-0.4, -0.2) is 13.1 Å². The Balaban J connectivity index is 0.000000582. The van der Waals surface area contributed by atoms with Gasteiger partial charge in [0.05, 0.1) is 7.11 Å². The first-order chi connectivity index (χ1) is 12.2. The number of benzene rings is 2. The van der Waals surface area contributed by atoms with E-state index >= 15 is 0 Å². The van der Waals surface area contributed by atoms with Crippen LogP contribution in [0.25, 0.3) is 0 Å². The monoisotopic (exact) mass is 356 g/mol. The first kappa shape index (κ1) is 23.9. The molecule has 2 rings (SSSR count). The molecule has 0 aromatic heterocycles. The van der Waals surface area contributed by atoms with Gasteiger partial charge in [-0.25, -0.2) is 0 Å². The molecular weight excluding hydrogens is 320 g/mol. The molecule has 0 spiro atoms. The summed E-state index contributed by atoms with van der Waals surface area (Å²) >= 11 is 0. The van der Waals surface area contributed by atoms with Gasteiger partial charge in [0, 0.05) is 12.3 Å². The van der Waals surface area contributed by atoms with Crippen molar-refractivity contribution in [3.05, 3.63) is 70.8 Å². The molecule has 0 aliphatic heterocycles. The molecule has 0 bridgehead atoms. The molecule has 2 aromatic rings. The van der Waals surface area contributed by atoms with Crippen molar-refractivity contribution in [3.8, 4) is 0 Å². The van der Waals surface area contributed by atoms with Crippen LogP contribution in [0.5, 0.6) is 0 Å². The number of carbonyl (C=O) groups is 1. The summed E-state index contributed by atoms with van der Waals surface area (Å²) < 4.78 is 4.11. The molecule has 2 aromatic carbocycles. The summed E-state index contributed by atoms with van der Waals surface area (Å²) in [5.41, 5.74) is 5.43. The minimum absolute atomic E-state index is 0.0708. The van der Waals surface area contributed by atoms with E-state index in [0.29, 0.717) is 0 Å². The second kappa shape index (κ2) is 12.3. The van der Waals surface area contributed by atoms with Gasteiger partial charge in [0.1, 0.15) is 0 Å². The molecule has 0 atom stereocenters. The van der Waals surface area contributed by atoms with Crippen LogP contribution in [0.3, 0.4) is 0 Å². The molecule has 0 amide bonds. The number of ether oxygens (including phenoxy) is 1. The van der Waals surface area contributed by atoms with E-state index in [0.717, 1.165) is 0 Å². The van der Waals surface area contributed by atoms with Gasteiger partial charge in [-0.15, -0.1) is 0 Å². The minimum atomic E-state index is -0.245. The van der Waals surface area contributed by atoms with Gasteiger partial charge in [-0.2, -0.15) is 0 Å². The Morgan fingerprint density at radius 1 is 0.808 bits per heavy atom. The lowest BCUT2D eigenvalue weighted by molar-refractivity contribution is -0.137. The van der Waals surface area contributed by atoms with Crippen molar-refractivity contribution in [3.63, 3.8) is 0 Å². The van der Waals surface area contributed by atoms with Crippen molar-refractivity contribution in [2.75, 3.05) is 7.11 Å². The van der Waals surface area contributed by atoms with Gasteiger partial charge in [0.25, 0.3) is 0 Å². The molecule has 0 radical (unpaired) electrons. The third-order valence-electron chi connectivity index (χ3n) is 4.33. The normalized spacial score (nSPS) is 10.0. The van der Waals surface area contributed by atoms with E-state index < -0.39 is 0 Å². The van der Waals surface area contributed by atoms with Crippen molar-refractivity contribution >= 4 is 5.97 Å². The maximum absolute atomic E-state index is 9.59. The number of esters is 1. The lowest BCUT2D eigenvalue weighted by Crippen LogP contribution is -2.18. The van der Waals surface area contributed by atoms with Crippen LogP contribution in [0.4, 0.5) is 0 Å². The first-order valence-corrected chi connectivity index (χ1v) is 9.37. The fraction of sp³-hybridized carbons (Fsp3) is 0.458. The molecule has 0 aliphatic carbocycles. The van der Waals surface area contributed by atoms with Gasteiger partial charge in [-0.1, -0.05) is 100 Å². The number of carbonyl (C=O) groups excluding carboxylic acids is 1. The zero-order chi connectivity index (χ0) is 20.2. The van der Waals surface area contributed by atoms with E-state index in [1.807, 2.05) is 0 Å². The van der Waals surface area contributed by atoms with E-state index in [4.69, 9.17) is 0 Å². The number of aryl methyl sites for hydroxylation is 2. The third kappa shape index (κ3) is 8.84. The van der Waals surface area contributed by atoms with Gasteiger partial charge in [-0.05, 0) is 25.0 Å². The van der Waals surface area contributed by atoms with E-state index in [9.17, 15) is 4.79 Å². The number of hydrogen-bond acceptors (Lipinski definition) is 2. The molecule has 144 valence electrons. The third-order valence-corrected chi connectivity index (χ3v) is 4.33. The molecule has 0 heterocycles. The Hall–Kier alpha value is -2.09. The summed E-state index contributed by atoms with van der Waals surface area (Å²) in [4.78, 5) is 9.59. The topological polar surface area (TPSA) is 26.3 Å². The van der Waals surface area contributed by atoms with Gasteiger partial charge in [0.2, 0.25) is 0 Å². The minimum Gasteiger partial charge on any atom is -0.469 e. The second-order valence-electron chi connectivity index (χ2n) is 7.05. The smallest absolute Gasteiger partial charge is 0.302 e. The summed E-state index contributed by atoms with van der Waals surface area (Å²) in [6.45, 7) is 14.5. The van der Waals surface area contributed by atoms with Gasteiger partial charge >= 0.3 is 5.97 Å². The average Bonchev–Trinajstić information content (AvgIpc) is 2.63. The standard InChI is InChI=1S/C17H20.C4H10.C3H6O2/c1-13-5-9-15(10-6-13)17(3,4)16-11-7-14(2)8-12-16;1-3-4-2;1-3(4)5-2/h5-12H,1-4H3;3-4H2,1-2H3;1-2H3. The van der Waals surface area contributed by atoms with Crippen molar-refractivity contribution in [2.24, 2.45) is 0 Å². The summed E-state index contributed by atoms with van der Waals surface area (Å²) in [6.07, 6.45) is 2.64. The van der Waals surface area contributed by atoms with Crippen LogP contribution >= 0.6 is 0 Å². The molecule has 0 saturated carbocycles. The van der Waals surface area contributed by atoms with Gasteiger partial charge in [0.15, 0.2) is 0 Å². The van der Waals surface area contributed by atoms with Crippen molar-refractivity contribution in [1.29, 1.82) is 0 Å². The quantitative estimate of drug-likeness (QED) is 0.578. The predicted octanol–water partition coefficient (Wildman–Crippen LogP) is 6.62. The van der Waals surface area contributed by atoms with Crippen LogP contribution in [0.2, 0.25) is 0 Å². The largest absolute Gasteiger partial charge is 0.469 e. The lowest BCUT2D eigenvalue weighted by Gasteiger charge is -2.26. The first-order valence-electron chi connectivity index (χ1n) is 9.37. The molecule has 0 unspecified atom stereocenters. The average molecular weight is 357 g/mol. The fourth-order valence-electron chi connectivity index (χ4n) is 2.11. The van der Waals surface area contributed by atoms with Gasteiger partial charge < -0.3 is 4.74 Å². The summed E-state index contributed by atoms with van der Waals surface area (Å²) in [6, 6.07) is 17.7. The molecule has 2 heteroatoms. The Labute approximate surface area is 160 Å². The molecular formula is C24H36O2. The highest BCUT2D eigenvalue weighted by Gasteiger charge is 2.22. The van der Waals surface area contributed by atoms with E-state index in [2.05, 4.69) is 94.8 Å². The van der Waals surface area contributed by atoms with Crippen LogP contribution < -0.4 is 0 Å². The maximum Gasteiger partial charge on any atom is 0.302 e. The van der Waals surface area contributed by atoms with Crippen molar-refractivity contribution in [2.45, 2.75) is 66.7 Å². The molecule has 0 saturated heterocycles. The second-order valence-corrected chi connectivity index (χ2v) is 7.05.